The van der Waals surface area contributed by atoms with Crippen molar-refractivity contribution in [2.45, 2.75) is 6.54 Å². The molecule has 21 heavy (non-hydrogen) atoms. The van der Waals surface area contributed by atoms with Crippen LogP contribution < -0.4 is 19.6 Å². The Hall–Kier alpha value is -1.50. The van der Waals surface area contributed by atoms with E-state index < -0.39 is 0 Å². The zero-order chi connectivity index (χ0) is 15.2. The van der Waals surface area contributed by atoms with Gasteiger partial charge in [0.05, 0.1) is 26.9 Å². The second kappa shape index (κ2) is 7.49. The van der Waals surface area contributed by atoms with Gasteiger partial charge in [0, 0.05) is 44.9 Å². The van der Waals surface area contributed by atoms with Crippen molar-refractivity contribution >= 4 is 0 Å². The Morgan fingerprint density at radius 2 is 1.52 bits per heavy atom. The summed E-state index contributed by atoms with van der Waals surface area (Å²) in [7, 11) is 7.10. The first-order valence-electron chi connectivity index (χ1n) is 7.13. The zero-order valence-electron chi connectivity index (χ0n) is 13.3. The van der Waals surface area contributed by atoms with E-state index in [0.29, 0.717) is 6.54 Å². The standard InChI is InChI=1S/C15H25N3O3/c1-17-5-7-18(8-6-17)16-11-13-14(20-3)9-12(19-2)10-15(13)21-4/h9-10,16H,5-8,11H2,1-4H3. The van der Waals surface area contributed by atoms with Crippen LogP contribution in [-0.4, -0.2) is 64.5 Å². The molecule has 6 nitrogen and oxygen atoms in total. The summed E-state index contributed by atoms with van der Waals surface area (Å²) in [6.45, 7) is 4.84. The number of piperazine rings is 1. The average molecular weight is 295 g/mol. The van der Waals surface area contributed by atoms with Crippen LogP contribution in [0.15, 0.2) is 12.1 Å². The van der Waals surface area contributed by atoms with Gasteiger partial charge in [0.15, 0.2) is 0 Å². The number of hydrogen-bond donors (Lipinski definition) is 1. The maximum absolute atomic E-state index is 5.46. The summed E-state index contributed by atoms with van der Waals surface area (Å²) in [6.07, 6.45) is 0. The Labute approximate surface area is 126 Å². The monoisotopic (exact) mass is 295 g/mol. The molecule has 0 aromatic heterocycles. The predicted molar refractivity (Wildman–Crippen MR) is 82.0 cm³/mol. The molecule has 118 valence electrons. The SMILES string of the molecule is COc1cc(OC)c(CNN2CCN(C)CC2)c(OC)c1. The van der Waals surface area contributed by atoms with E-state index in [4.69, 9.17) is 14.2 Å². The first-order valence-corrected chi connectivity index (χ1v) is 7.13. The topological polar surface area (TPSA) is 46.2 Å². The molecule has 0 radical (unpaired) electrons. The Kier molecular flexibility index (Phi) is 5.67. The maximum atomic E-state index is 5.46. The van der Waals surface area contributed by atoms with Crippen LogP contribution in [0.4, 0.5) is 0 Å². The van der Waals surface area contributed by atoms with Crippen molar-refractivity contribution in [2.75, 3.05) is 54.6 Å². The highest BCUT2D eigenvalue weighted by Crippen LogP contribution is 2.33. The van der Waals surface area contributed by atoms with E-state index in [1.165, 1.54) is 0 Å². The number of nitrogens with one attached hydrogen (secondary N) is 1. The minimum atomic E-state index is 0.667. The molecule has 1 aliphatic rings. The fraction of sp³-hybridized carbons (Fsp3) is 0.600. The summed E-state index contributed by atoms with van der Waals surface area (Å²) >= 11 is 0. The summed E-state index contributed by atoms with van der Waals surface area (Å²) in [6, 6.07) is 3.76. The molecule has 1 N–H and O–H groups in total. The molecule has 1 aliphatic heterocycles. The third-order valence-corrected chi connectivity index (χ3v) is 3.80. The van der Waals surface area contributed by atoms with Crippen molar-refractivity contribution in [3.8, 4) is 17.2 Å². The molecule has 2 rings (SSSR count). The van der Waals surface area contributed by atoms with Gasteiger partial charge in [-0.2, -0.15) is 0 Å². The molecule has 0 spiro atoms. The molecule has 1 fully saturated rings. The lowest BCUT2D eigenvalue weighted by atomic mass is 10.1. The van der Waals surface area contributed by atoms with E-state index in [1.54, 1.807) is 21.3 Å². The smallest absolute Gasteiger partial charge is 0.130 e. The second-order valence-corrected chi connectivity index (χ2v) is 5.14. The molecule has 0 saturated carbocycles. The second-order valence-electron chi connectivity index (χ2n) is 5.14. The van der Waals surface area contributed by atoms with Gasteiger partial charge in [0.1, 0.15) is 17.2 Å². The van der Waals surface area contributed by atoms with Crippen LogP contribution in [0.1, 0.15) is 5.56 Å². The third kappa shape index (κ3) is 4.00. The van der Waals surface area contributed by atoms with E-state index in [0.717, 1.165) is 49.0 Å². The van der Waals surface area contributed by atoms with Crippen LogP contribution in [0.2, 0.25) is 0 Å². The fourth-order valence-electron chi connectivity index (χ4n) is 2.41. The summed E-state index contributed by atoms with van der Waals surface area (Å²) in [4.78, 5) is 2.33. The van der Waals surface area contributed by atoms with Crippen molar-refractivity contribution in [1.29, 1.82) is 0 Å². The number of hydrazine groups is 1. The number of rotatable bonds is 6. The molecule has 1 aromatic rings. The Morgan fingerprint density at radius 3 is 2.00 bits per heavy atom. The molecule has 0 bridgehead atoms. The summed E-state index contributed by atoms with van der Waals surface area (Å²) < 4.78 is 16.2. The van der Waals surface area contributed by atoms with Gasteiger partial charge in [-0.05, 0) is 7.05 Å². The lowest BCUT2D eigenvalue weighted by Crippen LogP contribution is -2.50. The molecular weight excluding hydrogens is 270 g/mol. The van der Waals surface area contributed by atoms with Crippen molar-refractivity contribution in [2.24, 2.45) is 0 Å². The molecule has 1 aromatic carbocycles. The van der Waals surface area contributed by atoms with E-state index in [-0.39, 0.29) is 0 Å². The van der Waals surface area contributed by atoms with Gasteiger partial charge in [-0.1, -0.05) is 0 Å². The lowest BCUT2D eigenvalue weighted by Gasteiger charge is -2.32. The highest BCUT2D eigenvalue weighted by molar-refractivity contribution is 5.50. The quantitative estimate of drug-likeness (QED) is 0.843. The fourth-order valence-corrected chi connectivity index (χ4v) is 2.41. The number of methoxy groups -OCH3 is 3. The Morgan fingerprint density at radius 1 is 0.952 bits per heavy atom. The van der Waals surface area contributed by atoms with E-state index in [2.05, 4.69) is 22.4 Å². The number of likely N-dealkylation sites (N-methyl/N-ethyl adjacent to an activating group) is 1. The normalized spacial score (nSPS) is 16.8. The molecule has 6 heteroatoms. The van der Waals surface area contributed by atoms with Crippen LogP contribution in [0.3, 0.4) is 0 Å². The number of benzene rings is 1. The van der Waals surface area contributed by atoms with Crippen LogP contribution in [-0.2, 0) is 6.54 Å². The highest BCUT2D eigenvalue weighted by atomic mass is 16.5. The van der Waals surface area contributed by atoms with Crippen LogP contribution in [0.5, 0.6) is 17.2 Å². The van der Waals surface area contributed by atoms with Gasteiger partial charge < -0.3 is 19.1 Å². The van der Waals surface area contributed by atoms with Gasteiger partial charge in [0.25, 0.3) is 0 Å². The van der Waals surface area contributed by atoms with Crippen molar-refractivity contribution in [3.05, 3.63) is 17.7 Å². The molecule has 0 aliphatic carbocycles. The first kappa shape index (κ1) is 15.9. The van der Waals surface area contributed by atoms with Gasteiger partial charge in [-0.3, -0.25) is 5.43 Å². The number of ether oxygens (including phenoxy) is 3. The number of nitrogens with zero attached hydrogens (tertiary/aromatic N) is 2. The van der Waals surface area contributed by atoms with Crippen LogP contribution in [0, 0.1) is 0 Å². The Bertz CT molecular complexity index is 434. The minimum Gasteiger partial charge on any atom is -0.496 e. The van der Waals surface area contributed by atoms with Crippen molar-refractivity contribution < 1.29 is 14.2 Å². The molecule has 0 unspecified atom stereocenters. The number of hydrogen-bond acceptors (Lipinski definition) is 6. The maximum Gasteiger partial charge on any atom is 0.130 e. The molecule has 0 amide bonds. The third-order valence-electron chi connectivity index (χ3n) is 3.80. The van der Waals surface area contributed by atoms with Crippen LogP contribution in [0.25, 0.3) is 0 Å². The van der Waals surface area contributed by atoms with Crippen molar-refractivity contribution in [1.82, 2.24) is 15.3 Å². The average Bonchev–Trinajstić information content (AvgIpc) is 2.53. The largest absolute Gasteiger partial charge is 0.496 e. The molecule has 1 saturated heterocycles. The zero-order valence-corrected chi connectivity index (χ0v) is 13.3. The lowest BCUT2D eigenvalue weighted by molar-refractivity contribution is 0.101. The summed E-state index contributed by atoms with van der Waals surface area (Å²) in [5.41, 5.74) is 4.45. The van der Waals surface area contributed by atoms with Gasteiger partial charge in [-0.25, -0.2) is 5.01 Å². The molecular formula is C15H25N3O3. The van der Waals surface area contributed by atoms with E-state index in [9.17, 15) is 0 Å². The first-order chi connectivity index (χ1) is 10.2. The van der Waals surface area contributed by atoms with E-state index >= 15 is 0 Å². The van der Waals surface area contributed by atoms with Gasteiger partial charge in [0.2, 0.25) is 0 Å². The van der Waals surface area contributed by atoms with E-state index in [1.807, 2.05) is 12.1 Å². The van der Waals surface area contributed by atoms with Gasteiger partial charge >= 0.3 is 0 Å². The van der Waals surface area contributed by atoms with Gasteiger partial charge in [-0.15, -0.1) is 0 Å². The summed E-state index contributed by atoms with van der Waals surface area (Å²) in [5.74, 6) is 2.27. The Balaban J connectivity index is 2.07. The molecule has 1 heterocycles. The van der Waals surface area contributed by atoms with Crippen molar-refractivity contribution in [3.63, 3.8) is 0 Å². The summed E-state index contributed by atoms with van der Waals surface area (Å²) in [5, 5.41) is 2.24. The highest BCUT2D eigenvalue weighted by Gasteiger charge is 2.17. The minimum absolute atomic E-state index is 0.667. The molecule has 0 atom stereocenters. The predicted octanol–water partition coefficient (Wildman–Crippen LogP) is 0.964. The van der Waals surface area contributed by atoms with Crippen LogP contribution >= 0.6 is 0 Å².